The van der Waals surface area contributed by atoms with Crippen molar-refractivity contribution >= 4 is 0 Å². The Morgan fingerprint density at radius 1 is 1.23 bits per heavy atom. The first-order valence-electron chi connectivity index (χ1n) is 8.48. The van der Waals surface area contributed by atoms with E-state index in [9.17, 15) is 8.78 Å². The maximum absolute atomic E-state index is 12.5. The fourth-order valence-electron chi connectivity index (χ4n) is 2.20. The summed E-state index contributed by atoms with van der Waals surface area (Å²) >= 11 is 0. The predicted octanol–water partition coefficient (Wildman–Crippen LogP) is 4.22. The Morgan fingerprint density at radius 3 is 2.54 bits per heavy atom. The molecule has 8 heteroatoms. The molecular weight excluding hydrogens is 344 g/mol. The van der Waals surface area contributed by atoms with Crippen molar-refractivity contribution in [2.24, 2.45) is 0 Å². The standard InChI is InChI=1S/C18H25F2N3O3/c1-6-24-14-9-12(7-8-13(14)25-17(19)20)10-21-11(2)15-22-16(23-26-15)18(3,4)5/h7-9,11,17,21H,6,10H2,1-5H3. The first-order valence-corrected chi connectivity index (χ1v) is 8.48. The summed E-state index contributed by atoms with van der Waals surface area (Å²) in [5.41, 5.74) is 0.673. The average Bonchev–Trinajstić information content (AvgIpc) is 3.05. The molecule has 0 radical (unpaired) electrons. The molecule has 1 unspecified atom stereocenters. The van der Waals surface area contributed by atoms with Crippen LogP contribution in [0.2, 0.25) is 0 Å². The van der Waals surface area contributed by atoms with Crippen LogP contribution < -0.4 is 14.8 Å². The molecular formula is C18H25F2N3O3. The predicted molar refractivity (Wildman–Crippen MR) is 92.5 cm³/mol. The van der Waals surface area contributed by atoms with E-state index in [1.54, 1.807) is 19.1 Å². The molecule has 0 bridgehead atoms. The summed E-state index contributed by atoms with van der Waals surface area (Å²) < 4.78 is 40.1. The van der Waals surface area contributed by atoms with Gasteiger partial charge in [-0.25, -0.2) is 0 Å². The highest BCUT2D eigenvalue weighted by molar-refractivity contribution is 5.43. The van der Waals surface area contributed by atoms with E-state index in [0.29, 0.717) is 24.9 Å². The molecule has 0 fully saturated rings. The number of rotatable bonds is 8. The molecule has 0 aliphatic rings. The van der Waals surface area contributed by atoms with Gasteiger partial charge in [-0.15, -0.1) is 0 Å². The van der Waals surface area contributed by atoms with Gasteiger partial charge in [-0.3, -0.25) is 0 Å². The fourth-order valence-corrected chi connectivity index (χ4v) is 2.20. The summed E-state index contributed by atoms with van der Waals surface area (Å²) in [5, 5.41) is 7.28. The third-order valence-electron chi connectivity index (χ3n) is 3.62. The van der Waals surface area contributed by atoms with Crippen molar-refractivity contribution in [2.75, 3.05) is 6.61 Å². The van der Waals surface area contributed by atoms with Crippen LogP contribution in [-0.4, -0.2) is 23.4 Å². The highest BCUT2D eigenvalue weighted by atomic mass is 19.3. The highest BCUT2D eigenvalue weighted by Crippen LogP contribution is 2.30. The van der Waals surface area contributed by atoms with Gasteiger partial charge in [0.2, 0.25) is 5.89 Å². The molecule has 1 N–H and O–H groups in total. The van der Waals surface area contributed by atoms with Crippen LogP contribution in [0.15, 0.2) is 22.7 Å². The van der Waals surface area contributed by atoms with Crippen molar-refractivity contribution in [2.45, 2.75) is 59.2 Å². The van der Waals surface area contributed by atoms with Crippen molar-refractivity contribution < 1.29 is 22.8 Å². The minimum absolute atomic E-state index is 0.0189. The van der Waals surface area contributed by atoms with Gasteiger partial charge in [-0.2, -0.15) is 13.8 Å². The van der Waals surface area contributed by atoms with Crippen molar-refractivity contribution in [1.29, 1.82) is 0 Å². The minimum Gasteiger partial charge on any atom is -0.490 e. The van der Waals surface area contributed by atoms with Gasteiger partial charge in [-0.1, -0.05) is 32.0 Å². The lowest BCUT2D eigenvalue weighted by Gasteiger charge is -2.14. The molecule has 0 aliphatic carbocycles. The number of halogens is 2. The second kappa shape index (κ2) is 8.44. The molecule has 1 aromatic heterocycles. The number of ether oxygens (including phenoxy) is 2. The maximum atomic E-state index is 12.5. The van der Waals surface area contributed by atoms with Crippen LogP contribution in [0.1, 0.15) is 57.9 Å². The zero-order chi connectivity index (χ0) is 19.3. The lowest BCUT2D eigenvalue weighted by atomic mass is 9.96. The highest BCUT2D eigenvalue weighted by Gasteiger charge is 2.23. The van der Waals surface area contributed by atoms with E-state index < -0.39 is 6.61 Å². The van der Waals surface area contributed by atoms with E-state index in [2.05, 4.69) is 20.2 Å². The molecule has 26 heavy (non-hydrogen) atoms. The largest absolute Gasteiger partial charge is 0.490 e. The molecule has 1 heterocycles. The summed E-state index contributed by atoms with van der Waals surface area (Å²) in [6.07, 6.45) is 0. The number of hydrogen-bond donors (Lipinski definition) is 1. The summed E-state index contributed by atoms with van der Waals surface area (Å²) in [4.78, 5) is 4.42. The van der Waals surface area contributed by atoms with Crippen molar-refractivity contribution in [3.05, 3.63) is 35.5 Å². The van der Waals surface area contributed by atoms with Crippen LogP contribution in [-0.2, 0) is 12.0 Å². The van der Waals surface area contributed by atoms with Crippen LogP contribution in [0.4, 0.5) is 8.78 Å². The van der Waals surface area contributed by atoms with E-state index >= 15 is 0 Å². The van der Waals surface area contributed by atoms with Crippen molar-refractivity contribution in [3.8, 4) is 11.5 Å². The van der Waals surface area contributed by atoms with Crippen molar-refractivity contribution in [1.82, 2.24) is 15.5 Å². The van der Waals surface area contributed by atoms with E-state index in [4.69, 9.17) is 9.26 Å². The molecule has 0 aliphatic heterocycles. The number of nitrogens with one attached hydrogen (secondary N) is 1. The molecule has 144 valence electrons. The molecule has 0 spiro atoms. The van der Waals surface area contributed by atoms with E-state index in [-0.39, 0.29) is 23.0 Å². The van der Waals surface area contributed by atoms with Gasteiger partial charge >= 0.3 is 6.61 Å². The molecule has 0 saturated heterocycles. The van der Waals surface area contributed by atoms with E-state index in [1.807, 2.05) is 27.7 Å². The van der Waals surface area contributed by atoms with Crippen LogP contribution in [0, 0.1) is 0 Å². The lowest BCUT2D eigenvalue weighted by Crippen LogP contribution is -2.19. The lowest BCUT2D eigenvalue weighted by molar-refractivity contribution is -0.0514. The summed E-state index contributed by atoms with van der Waals surface area (Å²) in [7, 11) is 0. The molecule has 6 nitrogen and oxygen atoms in total. The Labute approximate surface area is 151 Å². The first-order chi connectivity index (χ1) is 12.2. The van der Waals surface area contributed by atoms with Crippen LogP contribution in [0.3, 0.4) is 0 Å². The van der Waals surface area contributed by atoms with E-state index in [0.717, 1.165) is 5.56 Å². The zero-order valence-corrected chi connectivity index (χ0v) is 15.7. The smallest absolute Gasteiger partial charge is 0.387 e. The average molecular weight is 369 g/mol. The van der Waals surface area contributed by atoms with Crippen molar-refractivity contribution in [3.63, 3.8) is 0 Å². The van der Waals surface area contributed by atoms with Gasteiger partial charge < -0.3 is 19.3 Å². The third-order valence-corrected chi connectivity index (χ3v) is 3.62. The fraction of sp³-hybridized carbons (Fsp3) is 0.556. The quantitative estimate of drug-likeness (QED) is 0.751. The number of benzene rings is 1. The van der Waals surface area contributed by atoms with Crippen LogP contribution in [0.5, 0.6) is 11.5 Å². The molecule has 1 aromatic carbocycles. The Hall–Kier alpha value is -2.22. The van der Waals surface area contributed by atoms with Gasteiger partial charge in [-0.05, 0) is 31.5 Å². The van der Waals surface area contributed by atoms with Crippen LogP contribution >= 0.6 is 0 Å². The summed E-state index contributed by atoms with van der Waals surface area (Å²) in [6.45, 7) is 7.66. The zero-order valence-electron chi connectivity index (χ0n) is 15.7. The molecule has 2 rings (SSSR count). The number of hydrogen-bond acceptors (Lipinski definition) is 6. The first kappa shape index (κ1) is 20.1. The van der Waals surface area contributed by atoms with Gasteiger partial charge in [0.05, 0.1) is 12.6 Å². The SMILES string of the molecule is CCOc1cc(CNC(C)c2nc(C(C)(C)C)no2)ccc1OC(F)F. The molecule has 1 atom stereocenters. The minimum atomic E-state index is -2.90. The topological polar surface area (TPSA) is 69.4 Å². The van der Waals surface area contributed by atoms with Gasteiger partial charge in [0.25, 0.3) is 0 Å². The van der Waals surface area contributed by atoms with E-state index in [1.165, 1.54) is 6.07 Å². The maximum Gasteiger partial charge on any atom is 0.387 e. The number of aromatic nitrogens is 2. The van der Waals surface area contributed by atoms with Gasteiger partial charge in [0, 0.05) is 12.0 Å². The Morgan fingerprint density at radius 2 is 1.96 bits per heavy atom. The normalized spacial score (nSPS) is 13.1. The second-order valence-electron chi connectivity index (χ2n) is 6.90. The van der Waals surface area contributed by atoms with Crippen LogP contribution in [0.25, 0.3) is 0 Å². The Balaban J connectivity index is 2.04. The summed E-state index contributed by atoms with van der Waals surface area (Å²) in [6, 6.07) is 4.69. The second-order valence-corrected chi connectivity index (χ2v) is 6.90. The molecule has 0 saturated carbocycles. The van der Waals surface area contributed by atoms with Gasteiger partial charge in [0.1, 0.15) is 0 Å². The Bertz CT molecular complexity index is 714. The monoisotopic (exact) mass is 369 g/mol. The molecule has 2 aromatic rings. The molecule has 0 amide bonds. The third kappa shape index (κ3) is 5.39. The Kier molecular flexibility index (Phi) is 6.52. The van der Waals surface area contributed by atoms with Gasteiger partial charge in [0.15, 0.2) is 17.3 Å². The number of nitrogens with zero attached hydrogens (tertiary/aromatic N) is 2. The number of alkyl halides is 2. The summed E-state index contributed by atoms with van der Waals surface area (Å²) in [5.74, 6) is 1.45.